The van der Waals surface area contributed by atoms with Crippen LogP contribution in [0.2, 0.25) is 0 Å². The van der Waals surface area contributed by atoms with Crippen LogP contribution in [0.5, 0.6) is 0 Å². The number of hydrogen-bond acceptors (Lipinski definition) is 23. The molecule has 12 aromatic rings. The minimum Gasteiger partial charge on any atom is -0.371 e. The summed E-state index contributed by atoms with van der Waals surface area (Å²) in [5, 5.41) is 11.8. The van der Waals surface area contributed by atoms with Gasteiger partial charge in [0.2, 0.25) is 63.7 Å². The summed E-state index contributed by atoms with van der Waals surface area (Å²) in [6, 6.07) is 56.1. The maximum absolute atomic E-state index is 13.2. The van der Waals surface area contributed by atoms with Crippen LogP contribution < -0.4 is 14.7 Å². The van der Waals surface area contributed by atoms with Crippen LogP contribution in [-0.2, 0) is 59.3 Å². The molecule has 10 aliphatic rings. The summed E-state index contributed by atoms with van der Waals surface area (Å²) in [6.07, 6.45) is 17.0. The largest absolute Gasteiger partial charge is 0.371 e. The van der Waals surface area contributed by atoms with Crippen molar-refractivity contribution in [1.29, 1.82) is 0 Å². The van der Waals surface area contributed by atoms with E-state index in [1.54, 1.807) is 116 Å². The minimum atomic E-state index is -3.76. The molecule has 0 N–H and O–H groups in total. The molecule has 656 valence electrons. The smallest absolute Gasteiger partial charge is 0.245 e. The molecular formula is C92H96N18O13S4. The Bertz CT molecular complexity index is 6330. The molecule has 0 bridgehead atoms. The molecule has 10 fully saturated rings. The van der Waals surface area contributed by atoms with Crippen molar-refractivity contribution >= 4 is 124 Å². The first-order valence-electron chi connectivity index (χ1n) is 43.1. The van der Waals surface area contributed by atoms with Crippen molar-refractivity contribution in [2.45, 2.75) is 38.3 Å². The molecule has 127 heavy (non-hydrogen) atoms. The van der Waals surface area contributed by atoms with Gasteiger partial charge in [-0.2, -0.15) is 17.2 Å². The fraction of sp³-hybridized carbons (Fsp3) is 0.359. The van der Waals surface area contributed by atoms with E-state index in [-0.39, 0.29) is 125 Å². The van der Waals surface area contributed by atoms with Crippen molar-refractivity contribution in [3.05, 3.63) is 243 Å². The summed E-state index contributed by atoms with van der Waals surface area (Å²) >= 11 is 0. The number of hydrogen-bond donors (Lipinski definition) is 0. The molecule has 35 heteroatoms. The molecule has 4 amide bonds. The van der Waals surface area contributed by atoms with Crippen LogP contribution in [0.3, 0.4) is 0 Å². The quantitative estimate of drug-likeness (QED) is 0.0880. The van der Waals surface area contributed by atoms with Gasteiger partial charge in [0.15, 0.2) is 5.52 Å². The molecule has 10 aliphatic heterocycles. The van der Waals surface area contributed by atoms with E-state index in [4.69, 9.17) is 0 Å². The van der Waals surface area contributed by atoms with E-state index in [2.05, 4.69) is 91.0 Å². The number of sulfonamides is 4. The van der Waals surface area contributed by atoms with Gasteiger partial charge in [-0.3, -0.25) is 39.1 Å². The van der Waals surface area contributed by atoms with Crippen LogP contribution in [0.4, 0.5) is 17.2 Å². The number of carbonyl (C=O) groups is 4. The molecule has 0 radical (unpaired) electrons. The lowest BCUT2D eigenvalue weighted by atomic mass is 9.98. The van der Waals surface area contributed by atoms with Gasteiger partial charge in [0.05, 0.1) is 38.4 Å². The van der Waals surface area contributed by atoms with E-state index >= 15 is 0 Å². The fourth-order valence-electron chi connectivity index (χ4n) is 19.5. The van der Waals surface area contributed by atoms with Crippen molar-refractivity contribution in [2.75, 3.05) is 159 Å². The number of anilines is 3. The van der Waals surface area contributed by atoms with Crippen LogP contribution in [0.1, 0.15) is 24.3 Å². The van der Waals surface area contributed by atoms with Gasteiger partial charge in [0.25, 0.3) is 0 Å². The third-order valence-electron chi connectivity index (χ3n) is 26.7. The molecular weight excluding hydrogens is 1690 g/mol. The van der Waals surface area contributed by atoms with E-state index < -0.39 is 40.1 Å². The Hall–Kier alpha value is -11.8. The van der Waals surface area contributed by atoms with Gasteiger partial charge in [-0.25, -0.2) is 43.3 Å². The monoisotopic (exact) mass is 1790 g/mol. The van der Waals surface area contributed by atoms with Gasteiger partial charge in [0, 0.05) is 273 Å². The maximum Gasteiger partial charge on any atom is 0.245 e. The number of likely N-dealkylation sites (tertiary alicyclic amines) is 3. The molecule has 0 saturated carbocycles. The Morgan fingerprint density at radius 1 is 0.315 bits per heavy atom. The molecule has 5 atom stereocenters. The summed E-state index contributed by atoms with van der Waals surface area (Å²) in [5.41, 5.74) is 4.20. The number of amides is 4. The van der Waals surface area contributed by atoms with E-state index in [1.807, 2.05) is 98.6 Å². The zero-order valence-electron chi connectivity index (χ0n) is 69.7. The number of carbonyl (C=O) groups excluding carboxylic acids is 4. The number of para-hydroxylation sites is 1. The second-order valence-electron chi connectivity index (χ2n) is 34.4. The van der Waals surface area contributed by atoms with Crippen LogP contribution in [0, 0.1) is 47.3 Å². The fourth-order valence-corrected chi connectivity index (χ4v) is 26.4. The Balaban J connectivity index is 0.000000110. The summed E-state index contributed by atoms with van der Waals surface area (Å²) in [6.45, 7) is 13.0. The average Bonchev–Trinajstić information content (AvgIpc) is 1.01. The lowest BCUT2D eigenvalue weighted by Gasteiger charge is -2.39. The predicted molar refractivity (Wildman–Crippen MR) is 476 cm³/mol. The van der Waals surface area contributed by atoms with Gasteiger partial charge in [-0.05, 0) is 114 Å². The molecule has 5 unspecified atom stereocenters. The number of pyridine rings is 5. The van der Waals surface area contributed by atoms with Gasteiger partial charge >= 0.3 is 0 Å². The van der Waals surface area contributed by atoms with Crippen molar-refractivity contribution in [2.24, 2.45) is 47.3 Å². The van der Waals surface area contributed by atoms with E-state index in [0.29, 0.717) is 70.9 Å². The summed E-state index contributed by atoms with van der Waals surface area (Å²) in [7, 11) is -14.7. The highest BCUT2D eigenvalue weighted by Crippen LogP contribution is 2.41. The number of benzene rings is 6. The normalized spacial score (nSPS) is 21.7. The molecule has 22 rings (SSSR count). The highest BCUT2D eigenvalue weighted by atomic mass is 32.2. The standard InChI is InChI=1S/C25H26N4O3S.C24H25N5O3S.C23H23N3O3S.C20H22N6O4S/c30-25(28-14-19-12-27(13-20(19)15-28)22-6-2-1-3-7-22)21-16-29(17-21)33(31,32)24-8-4-5-18-11-26-10-9-23(18)24;30-24(28-13-18-11-27(12-19(18)14-28)23-6-1-2-8-26-23)20-15-29(16-20)33(31,32)22-5-3-4-17-10-25-9-7-21(17)22;27-23(25-12-10-19(14-25)17-5-2-1-3-6-17)20-15-26(16-20)30(28,29)22-8-4-7-18-13-24-11-9-21(18)22;27-20(25-10-2-9-24(11-12-25)16-5-7-21-8-6-16)15-13-26(14-15)31(28,29)18-4-1-3-17-19(18)23-30-22-17/h1-11,19-21H,12-17H2;1-10,18-20H,11-16H2;1-9,11,13,19-20H,10,12,14-16H2;1,3-8,15H,2,9-14H2. The topological polar surface area (TPSA) is 344 Å². The third kappa shape index (κ3) is 16.9. The van der Waals surface area contributed by atoms with E-state index in [9.17, 15) is 52.8 Å². The zero-order chi connectivity index (χ0) is 87.3. The summed E-state index contributed by atoms with van der Waals surface area (Å²) < 4.78 is 115. The second-order valence-corrected chi connectivity index (χ2v) is 42.1. The predicted octanol–water partition coefficient (Wildman–Crippen LogP) is 8.14. The van der Waals surface area contributed by atoms with Gasteiger partial charge in [-0.15, -0.1) is 0 Å². The van der Waals surface area contributed by atoms with Crippen LogP contribution in [0.25, 0.3) is 43.4 Å². The molecule has 6 aromatic carbocycles. The Labute approximate surface area is 736 Å². The number of rotatable bonds is 16. The Morgan fingerprint density at radius 2 is 0.732 bits per heavy atom. The molecule has 16 heterocycles. The van der Waals surface area contributed by atoms with Gasteiger partial charge < -0.3 is 34.3 Å². The Morgan fingerprint density at radius 3 is 1.21 bits per heavy atom. The van der Waals surface area contributed by atoms with Crippen molar-refractivity contribution in [1.82, 2.24) is 72.1 Å². The summed E-state index contributed by atoms with van der Waals surface area (Å²) in [5.74, 6) is 2.40. The third-order valence-corrected chi connectivity index (χ3v) is 34.3. The lowest BCUT2D eigenvalue weighted by Crippen LogP contribution is -2.56. The van der Waals surface area contributed by atoms with Crippen LogP contribution in [0.15, 0.2) is 262 Å². The van der Waals surface area contributed by atoms with E-state index in [0.717, 1.165) is 112 Å². The molecule has 6 aromatic heterocycles. The first kappa shape index (κ1) is 84.7. The molecule has 0 spiro atoms. The van der Waals surface area contributed by atoms with Crippen LogP contribution in [-0.4, -0.2) is 273 Å². The SMILES string of the molecule is O=C(C1CN(S(=O)(=O)c2cccc3cnccc23)C1)N1CC2CN(c3ccccc3)CC2C1.O=C(C1CN(S(=O)(=O)c2cccc3cnccc23)C1)N1CC2CN(c3ccccn3)CC2C1.O=C(C1CN(S(=O)(=O)c2cccc3cnccc23)C1)N1CCC(c2ccccc2)C1.O=C(C1CN(S(=O)(=O)c2cccc3nonc23)C1)N1CCCN(c2ccncc2)CC1. The first-order chi connectivity index (χ1) is 61.6. The highest BCUT2D eigenvalue weighted by molar-refractivity contribution is 7.90. The van der Waals surface area contributed by atoms with Crippen molar-refractivity contribution in [3.63, 3.8) is 0 Å². The zero-order valence-corrected chi connectivity index (χ0v) is 72.9. The molecule has 0 aliphatic carbocycles. The maximum atomic E-state index is 13.2. The Kier molecular flexibility index (Phi) is 23.6. The number of fused-ring (bicyclic) bond motifs is 6. The van der Waals surface area contributed by atoms with Gasteiger partial charge in [-0.1, -0.05) is 97.1 Å². The number of nitrogens with zero attached hydrogens (tertiary/aromatic N) is 18. The highest BCUT2D eigenvalue weighted by Gasteiger charge is 2.51. The average molecular weight is 1790 g/mol. The molecule has 31 nitrogen and oxygen atoms in total. The van der Waals surface area contributed by atoms with Crippen molar-refractivity contribution < 1.29 is 57.5 Å². The number of aromatic nitrogens is 7. The van der Waals surface area contributed by atoms with Crippen molar-refractivity contribution in [3.8, 4) is 0 Å². The van der Waals surface area contributed by atoms with Crippen LogP contribution >= 0.6 is 0 Å². The minimum absolute atomic E-state index is 0.0179. The van der Waals surface area contributed by atoms with Gasteiger partial charge in [0.1, 0.15) is 16.2 Å². The lowest BCUT2D eigenvalue weighted by molar-refractivity contribution is -0.139. The second kappa shape index (κ2) is 35.4. The summed E-state index contributed by atoms with van der Waals surface area (Å²) in [4.78, 5) is 88.4. The first-order valence-corrected chi connectivity index (χ1v) is 48.9. The molecule has 10 saturated heterocycles. The van der Waals surface area contributed by atoms with E-state index in [1.165, 1.54) is 34.5 Å².